The summed E-state index contributed by atoms with van der Waals surface area (Å²) in [6.07, 6.45) is 0. The van der Waals surface area contributed by atoms with Crippen molar-refractivity contribution in [3.63, 3.8) is 0 Å². The lowest BCUT2D eigenvalue weighted by molar-refractivity contribution is 0.475. The molecule has 0 aliphatic carbocycles. The van der Waals surface area contributed by atoms with Crippen LogP contribution in [0.25, 0.3) is 0 Å². The van der Waals surface area contributed by atoms with Gasteiger partial charge in [0.15, 0.2) is 5.75 Å². The Balaban J connectivity index is 1.95. The zero-order valence-corrected chi connectivity index (χ0v) is 11.6. The molecule has 1 aliphatic rings. The van der Waals surface area contributed by atoms with Crippen molar-refractivity contribution in [3.05, 3.63) is 47.2 Å². The number of para-hydroxylation sites is 1. The van der Waals surface area contributed by atoms with Gasteiger partial charge in [-0.25, -0.2) is 9.38 Å². The van der Waals surface area contributed by atoms with Gasteiger partial charge in [0.05, 0.1) is 15.6 Å². The second-order valence-electron chi connectivity index (χ2n) is 4.01. The van der Waals surface area contributed by atoms with E-state index < -0.39 is 0 Å². The minimum absolute atomic E-state index is 0.0917. The van der Waals surface area contributed by atoms with Crippen molar-refractivity contribution in [1.82, 2.24) is 4.72 Å². The number of phenolic OH excluding ortho intramolecular Hbond substituents is 1. The van der Waals surface area contributed by atoms with Gasteiger partial charge in [0.2, 0.25) is 5.96 Å². The van der Waals surface area contributed by atoms with Crippen LogP contribution in [0.3, 0.4) is 0 Å². The van der Waals surface area contributed by atoms with Crippen LogP contribution in [0, 0.1) is 5.82 Å². The minimum atomic E-state index is -0.386. The number of halogens is 2. The van der Waals surface area contributed by atoms with Gasteiger partial charge in [0.25, 0.3) is 0 Å². The third kappa shape index (κ3) is 2.39. The van der Waals surface area contributed by atoms with Crippen molar-refractivity contribution >= 4 is 40.9 Å². The average molecular weight is 310 g/mol. The van der Waals surface area contributed by atoms with E-state index in [1.54, 1.807) is 30.3 Å². The van der Waals surface area contributed by atoms with Crippen LogP contribution in [-0.4, -0.2) is 11.1 Å². The number of phenols is 1. The lowest BCUT2D eigenvalue weighted by Gasteiger charge is -2.18. The second kappa shape index (κ2) is 5.22. The molecule has 7 heteroatoms. The Hall–Kier alpha value is -1.92. The molecular formula is C13H9ClFN3OS. The summed E-state index contributed by atoms with van der Waals surface area (Å²) in [5.41, 5.74) is 0.657. The number of hydrogen-bond acceptors (Lipinski definition) is 5. The summed E-state index contributed by atoms with van der Waals surface area (Å²) >= 11 is 7.11. The Kier molecular flexibility index (Phi) is 3.42. The highest BCUT2D eigenvalue weighted by molar-refractivity contribution is 7.98. The first-order valence-electron chi connectivity index (χ1n) is 5.70. The van der Waals surface area contributed by atoms with E-state index in [0.29, 0.717) is 17.3 Å². The van der Waals surface area contributed by atoms with Crippen LogP contribution in [-0.2, 0) is 0 Å². The first-order valence-corrected chi connectivity index (χ1v) is 6.89. The van der Waals surface area contributed by atoms with Gasteiger partial charge in [-0.2, -0.15) is 0 Å². The predicted octanol–water partition coefficient (Wildman–Crippen LogP) is 3.89. The first-order chi connectivity index (χ1) is 9.65. The number of benzene rings is 2. The molecule has 1 heterocycles. The zero-order valence-electron chi connectivity index (χ0n) is 10.0. The highest BCUT2D eigenvalue weighted by Crippen LogP contribution is 2.42. The molecule has 3 rings (SSSR count). The van der Waals surface area contributed by atoms with E-state index in [9.17, 15) is 9.50 Å². The number of aromatic hydroxyl groups is 1. The molecule has 0 saturated heterocycles. The van der Waals surface area contributed by atoms with Gasteiger partial charge in [-0.05, 0) is 36.2 Å². The Morgan fingerprint density at radius 2 is 2.05 bits per heavy atom. The van der Waals surface area contributed by atoms with E-state index in [4.69, 9.17) is 11.6 Å². The maximum absolute atomic E-state index is 13.6. The quantitative estimate of drug-likeness (QED) is 0.699. The van der Waals surface area contributed by atoms with E-state index >= 15 is 0 Å². The fourth-order valence-corrected chi connectivity index (χ4v) is 2.54. The fraction of sp³-hybridized carbons (Fsp3) is 0. The molecule has 0 bridgehead atoms. The first kappa shape index (κ1) is 13.1. The van der Waals surface area contributed by atoms with E-state index in [1.807, 2.05) is 0 Å². The number of fused-ring (bicyclic) bond motifs is 1. The van der Waals surface area contributed by atoms with Crippen molar-refractivity contribution in [1.29, 1.82) is 0 Å². The number of aliphatic imine (C=N–C) groups is 1. The van der Waals surface area contributed by atoms with Gasteiger partial charge in [-0.3, -0.25) is 4.72 Å². The Morgan fingerprint density at radius 1 is 1.25 bits per heavy atom. The summed E-state index contributed by atoms with van der Waals surface area (Å²) in [7, 11) is 0. The minimum Gasteiger partial charge on any atom is -0.504 e. The lowest BCUT2D eigenvalue weighted by atomic mass is 10.3. The summed E-state index contributed by atoms with van der Waals surface area (Å²) in [6, 6.07) is 9.60. The van der Waals surface area contributed by atoms with Crippen LogP contribution in [0.5, 0.6) is 5.75 Å². The van der Waals surface area contributed by atoms with Gasteiger partial charge in [0, 0.05) is 0 Å². The Morgan fingerprint density at radius 3 is 2.85 bits per heavy atom. The van der Waals surface area contributed by atoms with Crippen LogP contribution in [0.1, 0.15) is 0 Å². The van der Waals surface area contributed by atoms with Crippen LogP contribution < -0.4 is 10.0 Å². The molecule has 0 atom stereocenters. The largest absolute Gasteiger partial charge is 0.504 e. The van der Waals surface area contributed by atoms with Gasteiger partial charge < -0.3 is 10.4 Å². The normalized spacial score (nSPS) is 13.2. The average Bonchev–Trinajstić information content (AvgIpc) is 2.46. The molecule has 0 unspecified atom stereocenters. The summed E-state index contributed by atoms with van der Waals surface area (Å²) < 4.78 is 16.5. The van der Waals surface area contributed by atoms with Crippen LogP contribution >= 0.6 is 23.5 Å². The van der Waals surface area contributed by atoms with Crippen LogP contribution in [0.15, 0.2) is 46.3 Å². The number of rotatable bonds is 1. The molecule has 0 amide bonds. The van der Waals surface area contributed by atoms with Gasteiger partial charge >= 0.3 is 0 Å². The van der Waals surface area contributed by atoms with Crippen molar-refractivity contribution in [3.8, 4) is 5.75 Å². The van der Waals surface area contributed by atoms with Crippen molar-refractivity contribution in [2.75, 3.05) is 5.32 Å². The van der Waals surface area contributed by atoms with Crippen LogP contribution in [0.4, 0.5) is 15.8 Å². The molecule has 102 valence electrons. The van der Waals surface area contributed by atoms with Gasteiger partial charge in [-0.15, -0.1) is 0 Å². The van der Waals surface area contributed by atoms with Crippen molar-refractivity contribution in [2.45, 2.75) is 4.90 Å². The van der Waals surface area contributed by atoms with Gasteiger partial charge in [-0.1, -0.05) is 23.7 Å². The maximum Gasteiger partial charge on any atom is 0.211 e. The number of hydrogen-bond donors (Lipinski definition) is 3. The number of guanidine groups is 1. The smallest absolute Gasteiger partial charge is 0.211 e. The molecule has 0 radical (unpaired) electrons. The molecule has 20 heavy (non-hydrogen) atoms. The summed E-state index contributed by atoms with van der Waals surface area (Å²) in [4.78, 5) is 4.96. The Labute approximate surface area is 123 Å². The molecule has 0 saturated carbocycles. The van der Waals surface area contributed by atoms with E-state index in [2.05, 4.69) is 15.0 Å². The maximum atomic E-state index is 13.6. The molecular weight excluding hydrogens is 301 g/mol. The van der Waals surface area contributed by atoms with E-state index in [-0.39, 0.29) is 16.6 Å². The molecule has 2 aromatic rings. The summed E-state index contributed by atoms with van der Waals surface area (Å²) in [5.74, 6) is -0.153. The molecule has 2 aromatic carbocycles. The number of nitrogens with zero attached hydrogens (tertiary/aromatic N) is 1. The number of nitrogens with one attached hydrogen (secondary N) is 2. The lowest BCUT2D eigenvalue weighted by Crippen LogP contribution is -2.27. The van der Waals surface area contributed by atoms with Gasteiger partial charge in [0.1, 0.15) is 11.5 Å². The molecule has 4 nitrogen and oxygen atoms in total. The third-order valence-electron chi connectivity index (χ3n) is 2.67. The molecule has 0 fully saturated rings. The van der Waals surface area contributed by atoms with Crippen molar-refractivity contribution in [2.24, 2.45) is 4.99 Å². The Bertz CT molecular complexity index is 708. The molecule has 0 aromatic heterocycles. The molecule has 3 N–H and O–H groups in total. The molecule has 1 aliphatic heterocycles. The van der Waals surface area contributed by atoms with Crippen LogP contribution in [0.2, 0.25) is 5.02 Å². The van der Waals surface area contributed by atoms with E-state index in [1.165, 1.54) is 18.0 Å². The fourth-order valence-electron chi connectivity index (χ4n) is 1.71. The zero-order chi connectivity index (χ0) is 14.1. The monoisotopic (exact) mass is 309 g/mol. The highest BCUT2D eigenvalue weighted by Gasteiger charge is 2.18. The SMILES string of the molecule is Oc1c(Cl)ccc2c1N=C(Nc1ccccc1F)NS2. The highest BCUT2D eigenvalue weighted by atomic mass is 35.5. The standard InChI is InChI=1S/C13H9ClFN3OS/c14-7-5-6-10-11(12(7)19)17-13(18-20-10)16-9-4-2-1-3-8(9)15/h1-6,19H,(H2,16,17,18). The number of anilines is 1. The predicted molar refractivity (Wildman–Crippen MR) is 79.2 cm³/mol. The third-order valence-corrected chi connectivity index (χ3v) is 3.82. The second-order valence-corrected chi connectivity index (χ2v) is 5.27. The van der Waals surface area contributed by atoms with Crippen molar-refractivity contribution < 1.29 is 9.50 Å². The summed E-state index contributed by atoms with van der Waals surface area (Å²) in [6.45, 7) is 0. The topological polar surface area (TPSA) is 56.7 Å². The molecule has 0 spiro atoms. The van der Waals surface area contributed by atoms with E-state index in [0.717, 1.165) is 4.90 Å². The summed E-state index contributed by atoms with van der Waals surface area (Å²) in [5, 5.41) is 12.9.